The summed E-state index contributed by atoms with van der Waals surface area (Å²) in [5.41, 5.74) is 1.11. The van der Waals surface area contributed by atoms with Gasteiger partial charge in [0.15, 0.2) is 0 Å². The minimum Gasteiger partial charge on any atom is -0.393 e. The predicted molar refractivity (Wildman–Crippen MR) is 62.0 cm³/mol. The zero-order valence-electron chi connectivity index (χ0n) is 9.56. The van der Waals surface area contributed by atoms with Crippen LogP contribution in [-0.2, 0) is 16.1 Å². The number of aliphatic hydroxyl groups is 1. The van der Waals surface area contributed by atoms with Gasteiger partial charge in [-0.2, -0.15) is 0 Å². The number of aliphatic hydroxyl groups excluding tert-OH is 1. The van der Waals surface area contributed by atoms with Crippen molar-refractivity contribution in [2.45, 2.75) is 32.5 Å². The third-order valence-corrected chi connectivity index (χ3v) is 2.23. The van der Waals surface area contributed by atoms with Gasteiger partial charge in [0.1, 0.15) is 5.78 Å². The van der Waals surface area contributed by atoms with Crippen LogP contribution in [0.25, 0.3) is 0 Å². The topological polar surface area (TPSA) is 46.5 Å². The normalized spacial score (nSPS) is 12.4. The zero-order chi connectivity index (χ0) is 11.8. The molecule has 0 aliphatic rings. The van der Waals surface area contributed by atoms with E-state index in [1.165, 1.54) is 6.92 Å². The molecule has 1 aromatic rings. The van der Waals surface area contributed by atoms with E-state index in [9.17, 15) is 9.90 Å². The molecule has 0 heterocycles. The minimum absolute atomic E-state index is 0.00978. The highest BCUT2D eigenvalue weighted by Gasteiger charge is 2.06. The summed E-state index contributed by atoms with van der Waals surface area (Å²) in [5.74, 6) is 0.00978. The zero-order valence-corrected chi connectivity index (χ0v) is 9.56. The van der Waals surface area contributed by atoms with Crippen molar-refractivity contribution in [1.82, 2.24) is 0 Å². The Bertz CT molecular complexity index is 308. The monoisotopic (exact) mass is 222 g/mol. The molecule has 0 aliphatic carbocycles. The third-order valence-electron chi connectivity index (χ3n) is 2.23. The molecule has 0 unspecified atom stereocenters. The summed E-state index contributed by atoms with van der Waals surface area (Å²) in [6.07, 6.45) is 0.148. The van der Waals surface area contributed by atoms with Crippen LogP contribution in [0.2, 0.25) is 0 Å². The van der Waals surface area contributed by atoms with Gasteiger partial charge in [0, 0.05) is 13.0 Å². The SMILES string of the molecule is CC(=O)C[C@H](O)CCOCc1ccccc1. The van der Waals surface area contributed by atoms with E-state index < -0.39 is 6.10 Å². The number of ether oxygens (including phenoxy) is 1. The molecule has 0 bridgehead atoms. The van der Waals surface area contributed by atoms with Gasteiger partial charge < -0.3 is 9.84 Å². The predicted octanol–water partition coefficient (Wildman–Crippen LogP) is 1.93. The Hall–Kier alpha value is -1.19. The molecule has 16 heavy (non-hydrogen) atoms. The molecule has 1 N–H and O–H groups in total. The Morgan fingerprint density at radius 3 is 2.69 bits per heavy atom. The van der Waals surface area contributed by atoms with Crippen LogP contribution in [-0.4, -0.2) is 23.6 Å². The second kappa shape index (κ2) is 7.14. The molecule has 1 aromatic carbocycles. The standard InChI is InChI=1S/C13H18O3/c1-11(14)9-13(15)7-8-16-10-12-5-3-2-4-6-12/h2-6,13,15H,7-10H2,1H3/t13-/m1/s1. The van der Waals surface area contributed by atoms with Gasteiger partial charge in [-0.1, -0.05) is 30.3 Å². The lowest BCUT2D eigenvalue weighted by molar-refractivity contribution is -0.119. The number of ketones is 1. The van der Waals surface area contributed by atoms with Gasteiger partial charge >= 0.3 is 0 Å². The van der Waals surface area contributed by atoms with E-state index >= 15 is 0 Å². The van der Waals surface area contributed by atoms with Crippen LogP contribution in [0, 0.1) is 0 Å². The maximum absolute atomic E-state index is 10.7. The van der Waals surface area contributed by atoms with Crippen molar-refractivity contribution in [1.29, 1.82) is 0 Å². The average molecular weight is 222 g/mol. The van der Waals surface area contributed by atoms with Crippen molar-refractivity contribution < 1.29 is 14.6 Å². The van der Waals surface area contributed by atoms with Gasteiger partial charge in [-0.05, 0) is 18.9 Å². The van der Waals surface area contributed by atoms with Crippen LogP contribution in [0.3, 0.4) is 0 Å². The Labute approximate surface area is 96.1 Å². The summed E-state index contributed by atoms with van der Waals surface area (Å²) in [5, 5.41) is 9.42. The van der Waals surface area contributed by atoms with Crippen LogP contribution in [0.4, 0.5) is 0 Å². The second-order valence-corrected chi connectivity index (χ2v) is 3.89. The van der Waals surface area contributed by atoms with Crippen LogP contribution in [0.5, 0.6) is 0 Å². The maximum atomic E-state index is 10.7. The van der Waals surface area contributed by atoms with Crippen molar-refractivity contribution in [2.75, 3.05) is 6.61 Å². The summed E-state index contributed by atoms with van der Waals surface area (Å²) in [6, 6.07) is 9.87. The summed E-state index contributed by atoms with van der Waals surface area (Å²) < 4.78 is 5.40. The fourth-order valence-corrected chi connectivity index (χ4v) is 1.42. The van der Waals surface area contributed by atoms with Crippen LogP contribution < -0.4 is 0 Å². The Kier molecular flexibility index (Phi) is 5.75. The van der Waals surface area contributed by atoms with Gasteiger partial charge in [-0.15, -0.1) is 0 Å². The molecule has 0 fully saturated rings. The molecule has 1 rings (SSSR count). The van der Waals surface area contributed by atoms with Gasteiger partial charge in [0.05, 0.1) is 12.7 Å². The van der Waals surface area contributed by atoms with E-state index in [0.29, 0.717) is 19.6 Å². The van der Waals surface area contributed by atoms with E-state index in [-0.39, 0.29) is 12.2 Å². The maximum Gasteiger partial charge on any atom is 0.132 e. The highest BCUT2D eigenvalue weighted by Crippen LogP contribution is 2.03. The van der Waals surface area contributed by atoms with Gasteiger partial charge in [-0.25, -0.2) is 0 Å². The first kappa shape index (κ1) is 12.9. The fourth-order valence-electron chi connectivity index (χ4n) is 1.42. The van der Waals surface area contributed by atoms with Crippen molar-refractivity contribution in [3.05, 3.63) is 35.9 Å². The largest absolute Gasteiger partial charge is 0.393 e. The van der Waals surface area contributed by atoms with E-state index in [4.69, 9.17) is 4.74 Å². The molecule has 3 heteroatoms. The number of carbonyl (C=O) groups excluding carboxylic acids is 1. The Morgan fingerprint density at radius 2 is 2.06 bits per heavy atom. The number of hydrogen-bond donors (Lipinski definition) is 1. The van der Waals surface area contributed by atoms with Crippen molar-refractivity contribution in [2.24, 2.45) is 0 Å². The Morgan fingerprint density at radius 1 is 1.38 bits per heavy atom. The number of Topliss-reactive ketones (excluding diaryl/α,β-unsaturated/α-hetero) is 1. The number of hydrogen-bond acceptors (Lipinski definition) is 3. The molecule has 0 radical (unpaired) electrons. The molecule has 0 spiro atoms. The number of rotatable bonds is 7. The summed E-state index contributed by atoms with van der Waals surface area (Å²) >= 11 is 0. The lowest BCUT2D eigenvalue weighted by Crippen LogP contribution is -2.14. The molecular formula is C13H18O3. The molecule has 0 amide bonds. The van der Waals surface area contributed by atoms with Crippen LogP contribution in [0.1, 0.15) is 25.3 Å². The summed E-state index contributed by atoms with van der Waals surface area (Å²) in [7, 11) is 0. The average Bonchev–Trinajstić information content (AvgIpc) is 2.25. The number of benzene rings is 1. The van der Waals surface area contributed by atoms with E-state index in [0.717, 1.165) is 5.56 Å². The minimum atomic E-state index is -0.576. The molecule has 88 valence electrons. The molecule has 0 aromatic heterocycles. The molecule has 0 aliphatic heterocycles. The van der Waals surface area contributed by atoms with Gasteiger partial charge in [-0.3, -0.25) is 4.79 Å². The first-order valence-electron chi connectivity index (χ1n) is 5.47. The van der Waals surface area contributed by atoms with Crippen molar-refractivity contribution in [3.63, 3.8) is 0 Å². The van der Waals surface area contributed by atoms with Crippen molar-refractivity contribution >= 4 is 5.78 Å². The van der Waals surface area contributed by atoms with Crippen molar-refractivity contribution in [3.8, 4) is 0 Å². The first-order valence-corrected chi connectivity index (χ1v) is 5.47. The van der Waals surface area contributed by atoms with E-state index in [1.54, 1.807) is 0 Å². The van der Waals surface area contributed by atoms with Gasteiger partial charge in [0.2, 0.25) is 0 Å². The van der Waals surface area contributed by atoms with Gasteiger partial charge in [0.25, 0.3) is 0 Å². The van der Waals surface area contributed by atoms with E-state index in [1.807, 2.05) is 30.3 Å². The highest BCUT2D eigenvalue weighted by molar-refractivity contribution is 5.75. The Balaban J connectivity index is 2.10. The molecule has 1 atom stereocenters. The quantitative estimate of drug-likeness (QED) is 0.717. The fraction of sp³-hybridized carbons (Fsp3) is 0.462. The summed E-state index contributed by atoms with van der Waals surface area (Å²) in [4.78, 5) is 10.7. The molecule has 0 saturated carbocycles. The van der Waals surface area contributed by atoms with E-state index in [2.05, 4.69) is 0 Å². The third kappa shape index (κ3) is 5.63. The first-order chi connectivity index (χ1) is 7.68. The number of carbonyl (C=O) groups is 1. The van der Waals surface area contributed by atoms with Crippen LogP contribution >= 0.6 is 0 Å². The highest BCUT2D eigenvalue weighted by atomic mass is 16.5. The summed E-state index contributed by atoms with van der Waals surface area (Å²) in [6.45, 7) is 2.50. The molecule has 3 nitrogen and oxygen atoms in total. The lowest BCUT2D eigenvalue weighted by atomic mass is 10.1. The smallest absolute Gasteiger partial charge is 0.132 e. The van der Waals surface area contributed by atoms with Crippen LogP contribution in [0.15, 0.2) is 30.3 Å². The molecular weight excluding hydrogens is 204 g/mol. The lowest BCUT2D eigenvalue weighted by Gasteiger charge is -2.08. The molecule has 0 saturated heterocycles. The second-order valence-electron chi connectivity index (χ2n) is 3.89.